The number of aliphatic carboxylic acids is 1. The minimum Gasteiger partial charge on any atom is -0.481 e. The van der Waals surface area contributed by atoms with Gasteiger partial charge in [-0.05, 0) is 38.7 Å². The van der Waals surface area contributed by atoms with Gasteiger partial charge in [-0.3, -0.25) is 9.59 Å². The number of carbonyl (C=O) groups is 2. The Morgan fingerprint density at radius 1 is 1.40 bits per heavy atom. The molecule has 6 heteroatoms. The molecule has 2 rings (SSSR count). The van der Waals surface area contributed by atoms with E-state index in [-0.39, 0.29) is 17.9 Å². The number of hydrogen-bond donors (Lipinski definition) is 2. The molecule has 1 aliphatic carbocycles. The minimum atomic E-state index is -0.780. The maximum Gasteiger partial charge on any atom is 0.306 e. The maximum atomic E-state index is 12.3. The van der Waals surface area contributed by atoms with Gasteiger partial charge in [-0.1, -0.05) is 6.92 Å². The summed E-state index contributed by atoms with van der Waals surface area (Å²) >= 11 is 0. The first-order chi connectivity index (χ1) is 9.51. The summed E-state index contributed by atoms with van der Waals surface area (Å²) in [6.07, 6.45) is 2.47. The number of nitrogens with zero attached hydrogens (tertiary/aromatic N) is 2. The zero-order valence-electron chi connectivity index (χ0n) is 11.7. The van der Waals surface area contributed by atoms with Crippen molar-refractivity contribution in [1.29, 1.82) is 0 Å². The Kier molecular flexibility index (Phi) is 4.32. The van der Waals surface area contributed by atoms with Crippen LogP contribution < -0.4 is 5.32 Å². The Morgan fingerprint density at radius 2 is 2.15 bits per heavy atom. The van der Waals surface area contributed by atoms with Gasteiger partial charge in [-0.15, -0.1) is 0 Å². The molecule has 108 valence electrons. The summed E-state index contributed by atoms with van der Waals surface area (Å²) in [5.74, 6) is -1.31. The second-order valence-electron chi connectivity index (χ2n) is 5.22. The molecule has 6 nitrogen and oxygen atoms in total. The van der Waals surface area contributed by atoms with Crippen LogP contribution in [-0.4, -0.2) is 33.2 Å². The van der Waals surface area contributed by atoms with Gasteiger partial charge >= 0.3 is 5.97 Å². The molecule has 1 heterocycles. The molecule has 0 bridgehead atoms. The number of amides is 1. The Morgan fingerprint density at radius 3 is 2.75 bits per heavy atom. The maximum absolute atomic E-state index is 12.3. The van der Waals surface area contributed by atoms with E-state index in [1.54, 1.807) is 13.0 Å². The zero-order chi connectivity index (χ0) is 14.7. The average molecular weight is 277 g/mol. The van der Waals surface area contributed by atoms with Crippen molar-refractivity contribution in [3.63, 3.8) is 0 Å². The minimum absolute atomic E-state index is 0.0678. The van der Waals surface area contributed by atoms with Gasteiger partial charge in [0, 0.05) is 6.04 Å². The summed E-state index contributed by atoms with van der Waals surface area (Å²) in [7, 11) is 0. The third kappa shape index (κ3) is 3.12. The fourth-order valence-corrected chi connectivity index (χ4v) is 2.57. The highest BCUT2D eigenvalue weighted by Crippen LogP contribution is 2.26. The van der Waals surface area contributed by atoms with Gasteiger partial charge in [0.05, 0.1) is 22.9 Å². The van der Waals surface area contributed by atoms with Gasteiger partial charge in [0.1, 0.15) is 0 Å². The molecule has 1 fully saturated rings. The lowest BCUT2D eigenvalue weighted by Gasteiger charge is -2.14. The van der Waals surface area contributed by atoms with E-state index in [9.17, 15) is 9.59 Å². The van der Waals surface area contributed by atoms with Crippen molar-refractivity contribution in [3.8, 4) is 0 Å². The molecule has 1 aliphatic rings. The van der Waals surface area contributed by atoms with E-state index in [0.29, 0.717) is 42.6 Å². The fourth-order valence-electron chi connectivity index (χ4n) is 2.57. The van der Waals surface area contributed by atoms with Crippen LogP contribution in [0.1, 0.15) is 47.9 Å². The molecule has 0 unspecified atom stereocenters. The Labute approximate surface area is 117 Å². The van der Waals surface area contributed by atoms with Crippen LogP contribution in [0.3, 0.4) is 0 Å². The lowest BCUT2D eigenvalue weighted by Crippen LogP contribution is -2.34. The van der Waals surface area contributed by atoms with E-state index in [0.717, 1.165) is 0 Å². The second-order valence-corrected chi connectivity index (χ2v) is 5.22. The predicted octanol–water partition coefficient (Wildman–Crippen LogP) is 1.33. The number of hydrogen-bond acceptors (Lipinski definition) is 4. The topological polar surface area (TPSA) is 92.2 Å². The molecule has 0 aliphatic heterocycles. The molecular weight excluding hydrogens is 258 g/mol. The van der Waals surface area contributed by atoms with E-state index in [4.69, 9.17) is 5.11 Å². The molecule has 2 N–H and O–H groups in total. The van der Waals surface area contributed by atoms with Crippen LogP contribution in [0, 0.1) is 12.8 Å². The molecule has 2 atom stereocenters. The largest absolute Gasteiger partial charge is 0.481 e. The van der Waals surface area contributed by atoms with Crippen molar-refractivity contribution >= 4 is 11.9 Å². The number of aryl methyl sites for hydroxylation is 2. The third-order valence-electron chi connectivity index (χ3n) is 3.69. The molecule has 1 saturated carbocycles. The summed E-state index contributed by atoms with van der Waals surface area (Å²) < 4.78 is 0. The van der Waals surface area contributed by atoms with Crippen molar-refractivity contribution in [2.75, 3.05) is 0 Å². The molecule has 1 amide bonds. The highest BCUT2D eigenvalue weighted by Gasteiger charge is 2.31. The van der Waals surface area contributed by atoms with Gasteiger partial charge in [0.2, 0.25) is 0 Å². The van der Waals surface area contributed by atoms with Crippen LogP contribution in [0.2, 0.25) is 0 Å². The Hall–Kier alpha value is -1.98. The summed E-state index contributed by atoms with van der Waals surface area (Å²) in [5, 5.41) is 19.9. The fraction of sp³-hybridized carbons (Fsp3) is 0.571. The molecule has 0 radical (unpaired) electrons. The van der Waals surface area contributed by atoms with E-state index in [2.05, 4.69) is 15.5 Å². The summed E-state index contributed by atoms with van der Waals surface area (Å²) in [6, 6.07) is 1.66. The van der Waals surface area contributed by atoms with Crippen LogP contribution in [0.5, 0.6) is 0 Å². The molecule has 0 aromatic carbocycles. The van der Waals surface area contributed by atoms with Crippen molar-refractivity contribution in [3.05, 3.63) is 23.0 Å². The second kappa shape index (κ2) is 5.98. The highest BCUT2D eigenvalue weighted by atomic mass is 16.4. The molecule has 20 heavy (non-hydrogen) atoms. The van der Waals surface area contributed by atoms with E-state index >= 15 is 0 Å². The summed E-state index contributed by atoms with van der Waals surface area (Å²) in [4.78, 5) is 23.2. The van der Waals surface area contributed by atoms with Crippen LogP contribution >= 0.6 is 0 Å². The highest BCUT2D eigenvalue weighted by molar-refractivity contribution is 5.95. The zero-order valence-corrected chi connectivity index (χ0v) is 11.7. The number of aromatic nitrogens is 2. The lowest BCUT2D eigenvalue weighted by atomic mass is 10.1. The van der Waals surface area contributed by atoms with E-state index < -0.39 is 5.97 Å². The van der Waals surface area contributed by atoms with Crippen molar-refractivity contribution in [2.24, 2.45) is 5.92 Å². The number of carboxylic acids is 1. The lowest BCUT2D eigenvalue weighted by molar-refractivity contribution is -0.141. The third-order valence-corrected chi connectivity index (χ3v) is 3.69. The first kappa shape index (κ1) is 14.4. The first-order valence-electron chi connectivity index (χ1n) is 6.88. The number of carboxylic acid groups (broad SMARTS) is 1. The first-order valence-corrected chi connectivity index (χ1v) is 6.88. The monoisotopic (exact) mass is 277 g/mol. The van der Waals surface area contributed by atoms with E-state index in [1.807, 2.05) is 6.92 Å². The number of rotatable bonds is 4. The normalized spacial score (nSPS) is 21.7. The van der Waals surface area contributed by atoms with Gasteiger partial charge in [0.15, 0.2) is 0 Å². The summed E-state index contributed by atoms with van der Waals surface area (Å²) in [6.45, 7) is 3.71. The quantitative estimate of drug-likeness (QED) is 0.866. The van der Waals surface area contributed by atoms with Gasteiger partial charge in [-0.25, -0.2) is 0 Å². The average Bonchev–Trinajstić information content (AvgIpc) is 2.87. The van der Waals surface area contributed by atoms with Crippen molar-refractivity contribution in [2.45, 2.75) is 45.6 Å². The molecule has 0 saturated heterocycles. The van der Waals surface area contributed by atoms with E-state index in [1.165, 1.54) is 0 Å². The smallest absolute Gasteiger partial charge is 0.306 e. The van der Waals surface area contributed by atoms with Crippen LogP contribution in [0.4, 0.5) is 0 Å². The van der Waals surface area contributed by atoms with Crippen LogP contribution in [-0.2, 0) is 11.2 Å². The van der Waals surface area contributed by atoms with Crippen molar-refractivity contribution in [1.82, 2.24) is 15.5 Å². The van der Waals surface area contributed by atoms with Crippen LogP contribution in [0.15, 0.2) is 6.07 Å². The predicted molar refractivity (Wildman–Crippen MR) is 72.4 cm³/mol. The molecule has 1 aromatic rings. The van der Waals surface area contributed by atoms with Gasteiger partial charge in [0.25, 0.3) is 5.91 Å². The number of nitrogens with one attached hydrogen (secondary N) is 1. The Balaban J connectivity index is 2.06. The molecular formula is C14H19N3O3. The van der Waals surface area contributed by atoms with Gasteiger partial charge in [-0.2, -0.15) is 10.2 Å². The molecule has 0 spiro atoms. The van der Waals surface area contributed by atoms with Crippen molar-refractivity contribution < 1.29 is 14.7 Å². The molecule has 1 aromatic heterocycles. The number of carbonyl (C=O) groups excluding carboxylic acids is 1. The van der Waals surface area contributed by atoms with Crippen LogP contribution in [0.25, 0.3) is 0 Å². The van der Waals surface area contributed by atoms with Gasteiger partial charge < -0.3 is 10.4 Å². The summed E-state index contributed by atoms with van der Waals surface area (Å²) in [5.41, 5.74) is 1.90. The SMILES string of the molecule is CCc1nnc(C)cc1C(=O)N[C@H]1CC[C@@H](C(=O)O)C1. The standard InChI is InChI=1S/C14H19N3O3/c1-3-12-11(6-8(2)16-17-12)13(18)15-10-5-4-9(7-10)14(19)20/h6,9-10H,3-5,7H2,1-2H3,(H,15,18)(H,19,20)/t9-,10+/m1/s1. The Bertz CT molecular complexity index is 530.